The van der Waals surface area contributed by atoms with Crippen molar-refractivity contribution in [2.24, 2.45) is 11.8 Å². The van der Waals surface area contributed by atoms with Crippen molar-refractivity contribution < 1.29 is 9.47 Å². The number of rotatable bonds is 3. The summed E-state index contributed by atoms with van der Waals surface area (Å²) in [4.78, 5) is 0. The van der Waals surface area contributed by atoms with E-state index in [2.05, 4.69) is 12.4 Å². The maximum absolute atomic E-state index is 6.26. The normalized spacial score (nSPS) is 35.9. The van der Waals surface area contributed by atoms with E-state index in [1.54, 1.807) is 0 Å². The topological polar surface area (TPSA) is 30.5 Å². The summed E-state index contributed by atoms with van der Waals surface area (Å²) in [5.41, 5.74) is 0.228. The van der Waals surface area contributed by atoms with E-state index in [-0.39, 0.29) is 5.60 Å². The molecule has 0 radical (unpaired) electrons. The van der Waals surface area contributed by atoms with Crippen LogP contribution in [0.4, 0.5) is 0 Å². The van der Waals surface area contributed by atoms with Crippen molar-refractivity contribution in [3.63, 3.8) is 0 Å². The molecule has 0 aromatic rings. The second-order valence-corrected chi connectivity index (χ2v) is 7.14. The van der Waals surface area contributed by atoms with Crippen molar-refractivity contribution in [3.05, 3.63) is 0 Å². The van der Waals surface area contributed by atoms with E-state index in [1.807, 2.05) is 0 Å². The molecule has 0 aromatic carbocycles. The van der Waals surface area contributed by atoms with Crippen LogP contribution in [0.2, 0.25) is 0 Å². The van der Waals surface area contributed by atoms with Gasteiger partial charge in [0, 0.05) is 19.3 Å². The lowest BCUT2D eigenvalue weighted by Crippen LogP contribution is -2.50. The molecule has 1 N–H and O–H groups in total. The predicted octanol–water partition coefficient (Wildman–Crippen LogP) is 3.13. The Bertz CT molecular complexity index is 290. The molecule has 3 atom stereocenters. The molecule has 3 fully saturated rings. The molecule has 3 aliphatic rings. The molecule has 2 heterocycles. The third-order valence-corrected chi connectivity index (χ3v) is 5.84. The molecular weight excluding hydrogens is 250 g/mol. The summed E-state index contributed by atoms with van der Waals surface area (Å²) < 4.78 is 12.0. The van der Waals surface area contributed by atoms with Crippen molar-refractivity contribution >= 4 is 0 Å². The minimum absolute atomic E-state index is 0.228. The van der Waals surface area contributed by atoms with Gasteiger partial charge in [-0.1, -0.05) is 19.3 Å². The molecule has 2 aliphatic heterocycles. The average Bonchev–Trinajstić information content (AvgIpc) is 2.50. The van der Waals surface area contributed by atoms with Crippen LogP contribution in [0, 0.1) is 11.8 Å². The van der Waals surface area contributed by atoms with Gasteiger partial charge in [-0.15, -0.1) is 0 Å². The summed E-state index contributed by atoms with van der Waals surface area (Å²) in [6.45, 7) is 2.89. The van der Waals surface area contributed by atoms with E-state index >= 15 is 0 Å². The smallest absolute Gasteiger partial charge is 0.0685 e. The predicted molar refractivity (Wildman–Crippen MR) is 80.9 cm³/mol. The zero-order valence-corrected chi connectivity index (χ0v) is 13.0. The van der Waals surface area contributed by atoms with Gasteiger partial charge in [-0.2, -0.15) is 0 Å². The fraction of sp³-hybridized carbons (Fsp3) is 1.00. The first-order valence-electron chi connectivity index (χ1n) is 8.72. The third kappa shape index (κ3) is 3.20. The van der Waals surface area contributed by atoms with E-state index in [1.165, 1.54) is 57.8 Å². The minimum Gasteiger partial charge on any atom is -0.381 e. The summed E-state index contributed by atoms with van der Waals surface area (Å²) in [5.74, 6) is 1.48. The molecule has 2 saturated heterocycles. The molecule has 1 spiro atoms. The van der Waals surface area contributed by atoms with Gasteiger partial charge in [0.25, 0.3) is 0 Å². The average molecular weight is 281 g/mol. The summed E-state index contributed by atoms with van der Waals surface area (Å²) in [7, 11) is 2.14. The number of ether oxygens (including phenoxy) is 2. The quantitative estimate of drug-likeness (QED) is 0.862. The lowest BCUT2D eigenvalue weighted by atomic mass is 9.71. The molecule has 3 rings (SSSR count). The highest BCUT2D eigenvalue weighted by Crippen LogP contribution is 2.42. The lowest BCUT2D eigenvalue weighted by Gasteiger charge is -2.47. The largest absolute Gasteiger partial charge is 0.381 e. The second kappa shape index (κ2) is 6.76. The SMILES string of the molecule is CNC(C1CCCOC1)C1CCOC2(CCCCC2)C1. The van der Waals surface area contributed by atoms with E-state index in [4.69, 9.17) is 9.47 Å². The van der Waals surface area contributed by atoms with Crippen LogP contribution in [0.25, 0.3) is 0 Å². The molecule has 1 aliphatic carbocycles. The first-order chi connectivity index (χ1) is 9.83. The number of hydrogen-bond donors (Lipinski definition) is 1. The van der Waals surface area contributed by atoms with Gasteiger partial charge < -0.3 is 14.8 Å². The van der Waals surface area contributed by atoms with Gasteiger partial charge in [0.15, 0.2) is 0 Å². The first kappa shape index (κ1) is 14.8. The van der Waals surface area contributed by atoms with Gasteiger partial charge in [0.05, 0.1) is 12.2 Å². The monoisotopic (exact) mass is 281 g/mol. The summed E-state index contributed by atoms with van der Waals surface area (Å²) in [5, 5.41) is 3.63. The van der Waals surface area contributed by atoms with Crippen LogP contribution in [0.1, 0.15) is 57.8 Å². The van der Waals surface area contributed by atoms with Gasteiger partial charge in [0.1, 0.15) is 0 Å². The Kier molecular flexibility index (Phi) is 5.00. The third-order valence-electron chi connectivity index (χ3n) is 5.84. The Balaban J connectivity index is 1.64. The fourth-order valence-electron chi connectivity index (χ4n) is 4.82. The van der Waals surface area contributed by atoms with Gasteiger partial charge in [0.2, 0.25) is 0 Å². The molecule has 3 nitrogen and oxygen atoms in total. The highest BCUT2D eigenvalue weighted by atomic mass is 16.5. The van der Waals surface area contributed by atoms with Gasteiger partial charge in [-0.3, -0.25) is 0 Å². The van der Waals surface area contributed by atoms with Crippen molar-refractivity contribution in [3.8, 4) is 0 Å². The van der Waals surface area contributed by atoms with Crippen LogP contribution in [0.15, 0.2) is 0 Å². The van der Waals surface area contributed by atoms with E-state index < -0.39 is 0 Å². The van der Waals surface area contributed by atoms with Gasteiger partial charge in [-0.25, -0.2) is 0 Å². The first-order valence-corrected chi connectivity index (χ1v) is 8.72. The summed E-state index contributed by atoms with van der Waals surface area (Å²) >= 11 is 0. The second-order valence-electron chi connectivity index (χ2n) is 7.14. The maximum atomic E-state index is 6.26. The van der Waals surface area contributed by atoms with E-state index in [0.717, 1.165) is 25.7 Å². The van der Waals surface area contributed by atoms with E-state index in [9.17, 15) is 0 Å². The standard InChI is InChI=1S/C17H31NO2/c1-18-16(15-6-5-10-19-13-15)14-7-11-20-17(12-14)8-3-2-4-9-17/h14-16,18H,2-13H2,1H3. The molecule has 0 amide bonds. The van der Waals surface area contributed by atoms with Crippen molar-refractivity contribution in [1.29, 1.82) is 0 Å². The lowest BCUT2D eigenvalue weighted by molar-refractivity contribution is -0.126. The van der Waals surface area contributed by atoms with Crippen LogP contribution in [0.3, 0.4) is 0 Å². The summed E-state index contributed by atoms with van der Waals surface area (Å²) in [6.07, 6.45) is 11.8. The van der Waals surface area contributed by atoms with Crippen molar-refractivity contribution in [2.45, 2.75) is 69.4 Å². The number of hydrogen-bond acceptors (Lipinski definition) is 3. The van der Waals surface area contributed by atoms with Gasteiger partial charge >= 0.3 is 0 Å². The van der Waals surface area contributed by atoms with Crippen molar-refractivity contribution in [1.82, 2.24) is 5.32 Å². The zero-order chi connectivity index (χ0) is 13.8. The molecule has 116 valence electrons. The zero-order valence-electron chi connectivity index (χ0n) is 13.0. The Hall–Kier alpha value is -0.120. The Morgan fingerprint density at radius 3 is 2.55 bits per heavy atom. The Morgan fingerprint density at radius 1 is 1.00 bits per heavy atom. The van der Waals surface area contributed by atoms with E-state index in [0.29, 0.717) is 12.0 Å². The fourth-order valence-corrected chi connectivity index (χ4v) is 4.82. The highest BCUT2D eigenvalue weighted by Gasteiger charge is 2.42. The molecule has 3 unspecified atom stereocenters. The molecular formula is C17H31NO2. The van der Waals surface area contributed by atoms with Crippen LogP contribution in [-0.2, 0) is 9.47 Å². The number of nitrogens with one attached hydrogen (secondary N) is 1. The Morgan fingerprint density at radius 2 is 1.85 bits per heavy atom. The van der Waals surface area contributed by atoms with Crippen LogP contribution >= 0.6 is 0 Å². The van der Waals surface area contributed by atoms with Gasteiger partial charge in [-0.05, 0) is 57.4 Å². The molecule has 20 heavy (non-hydrogen) atoms. The molecule has 1 saturated carbocycles. The van der Waals surface area contributed by atoms with Crippen LogP contribution in [-0.4, -0.2) is 38.5 Å². The maximum Gasteiger partial charge on any atom is 0.0685 e. The van der Waals surface area contributed by atoms with Crippen molar-refractivity contribution in [2.75, 3.05) is 26.9 Å². The molecule has 3 heteroatoms. The minimum atomic E-state index is 0.228. The summed E-state index contributed by atoms with van der Waals surface area (Å²) in [6, 6.07) is 0.623. The molecule has 0 aromatic heterocycles. The molecule has 0 bridgehead atoms. The Labute approximate surface area is 123 Å². The highest BCUT2D eigenvalue weighted by molar-refractivity contribution is 4.94. The van der Waals surface area contributed by atoms with Crippen LogP contribution < -0.4 is 5.32 Å². The van der Waals surface area contributed by atoms with Crippen LogP contribution in [0.5, 0.6) is 0 Å².